The maximum absolute atomic E-state index is 12.7. The zero-order chi connectivity index (χ0) is 43.0. The van der Waals surface area contributed by atoms with Gasteiger partial charge >= 0.3 is 17.9 Å². The lowest BCUT2D eigenvalue weighted by molar-refractivity contribution is -0.167. The van der Waals surface area contributed by atoms with Crippen molar-refractivity contribution in [1.82, 2.24) is 0 Å². The van der Waals surface area contributed by atoms with Crippen LogP contribution in [0.25, 0.3) is 0 Å². The number of hydrogen-bond donors (Lipinski definition) is 0. The van der Waals surface area contributed by atoms with Crippen molar-refractivity contribution in [3.05, 3.63) is 85.1 Å². The molecule has 0 aromatic carbocycles. The van der Waals surface area contributed by atoms with Gasteiger partial charge in [0.25, 0.3) is 0 Å². The van der Waals surface area contributed by atoms with E-state index < -0.39 is 6.10 Å². The monoisotopic (exact) mass is 821 g/mol. The first-order valence-electron chi connectivity index (χ1n) is 24.1. The number of unbranched alkanes of at least 4 members (excludes halogenated alkanes) is 17. The van der Waals surface area contributed by atoms with Gasteiger partial charge < -0.3 is 14.2 Å². The number of ether oxygens (including phenoxy) is 3. The first-order valence-corrected chi connectivity index (χ1v) is 24.1. The van der Waals surface area contributed by atoms with Crippen LogP contribution in [-0.2, 0) is 28.6 Å². The average molecular weight is 821 g/mol. The van der Waals surface area contributed by atoms with Gasteiger partial charge in [0.1, 0.15) is 13.2 Å². The van der Waals surface area contributed by atoms with E-state index in [1.165, 1.54) is 57.8 Å². The van der Waals surface area contributed by atoms with Gasteiger partial charge in [0.05, 0.1) is 0 Å². The minimum Gasteiger partial charge on any atom is -0.462 e. The van der Waals surface area contributed by atoms with Crippen LogP contribution in [0.2, 0.25) is 0 Å². The smallest absolute Gasteiger partial charge is 0.306 e. The Balaban J connectivity index is 4.49. The summed E-state index contributed by atoms with van der Waals surface area (Å²) in [5.41, 5.74) is 0. The molecular weight excluding hydrogens is 733 g/mol. The highest BCUT2D eigenvalue weighted by Gasteiger charge is 2.19. The second-order valence-corrected chi connectivity index (χ2v) is 15.6. The fourth-order valence-electron chi connectivity index (χ4n) is 6.28. The molecule has 0 spiro atoms. The van der Waals surface area contributed by atoms with Crippen LogP contribution in [0.5, 0.6) is 0 Å². The van der Waals surface area contributed by atoms with Crippen molar-refractivity contribution in [2.75, 3.05) is 13.2 Å². The molecule has 0 rings (SSSR count). The predicted molar refractivity (Wildman–Crippen MR) is 251 cm³/mol. The Morgan fingerprint density at radius 2 is 0.712 bits per heavy atom. The van der Waals surface area contributed by atoms with E-state index in [9.17, 15) is 14.4 Å². The number of allylic oxidation sites excluding steroid dienone is 14. The fraction of sp³-hybridized carbons (Fsp3) is 0.679. The highest BCUT2D eigenvalue weighted by atomic mass is 16.6. The molecule has 336 valence electrons. The zero-order valence-corrected chi connectivity index (χ0v) is 38.2. The normalized spacial score (nSPS) is 12.8. The molecule has 0 aliphatic heterocycles. The molecule has 0 aliphatic carbocycles. The molecule has 0 amide bonds. The SMILES string of the molecule is CC/C=C\C/C=C\C/C=C\C/C=C\C/C=C\CCCC(=O)OCC(COC(=O)CCCCCCCCCCCCC)OC(=O)CCCCCCC/C=C\C/C=C\CCC. The summed E-state index contributed by atoms with van der Waals surface area (Å²) in [6.45, 7) is 6.37. The van der Waals surface area contributed by atoms with Crippen molar-refractivity contribution in [2.45, 2.75) is 219 Å². The third-order valence-corrected chi connectivity index (χ3v) is 9.86. The van der Waals surface area contributed by atoms with Crippen LogP contribution < -0.4 is 0 Å². The van der Waals surface area contributed by atoms with Gasteiger partial charge in [0.15, 0.2) is 6.10 Å². The van der Waals surface area contributed by atoms with Crippen molar-refractivity contribution in [3.8, 4) is 0 Å². The standard InChI is InChI=1S/C53H88O6/c1-4-7-10-13-16-19-22-24-25-26-27-29-31-34-37-40-43-46-52(55)58-49-50(48-57-51(54)45-42-39-36-33-30-21-18-15-12-9-6-3)59-53(56)47-44-41-38-35-32-28-23-20-17-14-11-8-5-2/h7,10-11,14,16,19-20,23-25,27,29,34,37,50H,4-6,8-9,12-13,15,17-18,21-22,26,28,30-33,35-36,38-49H2,1-3H3/b10-7-,14-11-,19-16-,23-20-,25-24-,29-27-,37-34-. The molecule has 59 heavy (non-hydrogen) atoms. The van der Waals surface area contributed by atoms with Gasteiger partial charge in [0, 0.05) is 19.3 Å². The molecule has 0 aromatic heterocycles. The number of hydrogen-bond acceptors (Lipinski definition) is 6. The molecule has 0 heterocycles. The van der Waals surface area contributed by atoms with E-state index in [0.717, 1.165) is 109 Å². The Bertz CT molecular complexity index is 1170. The molecule has 0 N–H and O–H groups in total. The van der Waals surface area contributed by atoms with Gasteiger partial charge in [-0.2, -0.15) is 0 Å². The minimum absolute atomic E-state index is 0.0994. The summed E-state index contributed by atoms with van der Waals surface area (Å²) in [6, 6.07) is 0. The Labute approximate surface area is 363 Å². The predicted octanol–water partition coefficient (Wildman–Crippen LogP) is 15.6. The van der Waals surface area contributed by atoms with Crippen LogP contribution in [0.4, 0.5) is 0 Å². The molecule has 6 heteroatoms. The van der Waals surface area contributed by atoms with Crippen LogP contribution in [0.3, 0.4) is 0 Å². The summed E-state index contributed by atoms with van der Waals surface area (Å²) in [6.07, 6.45) is 60.0. The van der Waals surface area contributed by atoms with E-state index >= 15 is 0 Å². The molecule has 0 saturated carbocycles. The Kier molecular flexibility index (Phi) is 44.5. The molecule has 0 bridgehead atoms. The van der Waals surface area contributed by atoms with E-state index in [1.54, 1.807) is 0 Å². The summed E-state index contributed by atoms with van der Waals surface area (Å²) < 4.78 is 16.7. The average Bonchev–Trinajstić information content (AvgIpc) is 3.23. The summed E-state index contributed by atoms with van der Waals surface area (Å²) in [7, 11) is 0. The quantitative estimate of drug-likeness (QED) is 0.0264. The van der Waals surface area contributed by atoms with Gasteiger partial charge in [-0.25, -0.2) is 0 Å². The van der Waals surface area contributed by atoms with Crippen molar-refractivity contribution in [2.24, 2.45) is 0 Å². The van der Waals surface area contributed by atoms with Crippen molar-refractivity contribution >= 4 is 17.9 Å². The molecule has 0 aliphatic rings. The second kappa shape index (κ2) is 47.3. The largest absolute Gasteiger partial charge is 0.462 e. The summed E-state index contributed by atoms with van der Waals surface area (Å²) >= 11 is 0. The van der Waals surface area contributed by atoms with Crippen molar-refractivity contribution < 1.29 is 28.6 Å². The molecule has 1 unspecified atom stereocenters. The van der Waals surface area contributed by atoms with Crippen LogP contribution >= 0.6 is 0 Å². The Hall–Kier alpha value is -3.41. The lowest BCUT2D eigenvalue weighted by atomic mass is 10.1. The van der Waals surface area contributed by atoms with Crippen molar-refractivity contribution in [3.63, 3.8) is 0 Å². The van der Waals surface area contributed by atoms with E-state index in [4.69, 9.17) is 14.2 Å². The topological polar surface area (TPSA) is 78.9 Å². The van der Waals surface area contributed by atoms with Crippen LogP contribution in [0.1, 0.15) is 213 Å². The molecule has 6 nitrogen and oxygen atoms in total. The van der Waals surface area contributed by atoms with Gasteiger partial charge in [-0.3, -0.25) is 14.4 Å². The number of carbonyl (C=O) groups excluding carboxylic acids is 3. The van der Waals surface area contributed by atoms with E-state index in [2.05, 4.69) is 106 Å². The summed E-state index contributed by atoms with van der Waals surface area (Å²) in [5.74, 6) is -0.980. The van der Waals surface area contributed by atoms with Crippen LogP contribution in [0.15, 0.2) is 85.1 Å². The van der Waals surface area contributed by atoms with E-state index in [1.807, 2.05) is 0 Å². The lowest BCUT2D eigenvalue weighted by Crippen LogP contribution is -2.30. The highest BCUT2D eigenvalue weighted by Crippen LogP contribution is 2.13. The number of carbonyl (C=O) groups is 3. The third kappa shape index (κ3) is 45.5. The molecule has 1 atom stereocenters. The van der Waals surface area contributed by atoms with Gasteiger partial charge in [-0.05, 0) is 83.5 Å². The summed E-state index contributed by atoms with van der Waals surface area (Å²) in [5, 5.41) is 0. The van der Waals surface area contributed by atoms with Crippen LogP contribution in [-0.4, -0.2) is 37.2 Å². The number of esters is 3. The maximum Gasteiger partial charge on any atom is 0.306 e. The second-order valence-electron chi connectivity index (χ2n) is 15.6. The minimum atomic E-state index is -0.803. The van der Waals surface area contributed by atoms with Crippen molar-refractivity contribution in [1.29, 1.82) is 0 Å². The van der Waals surface area contributed by atoms with Gasteiger partial charge in [-0.1, -0.05) is 196 Å². The van der Waals surface area contributed by atoms with Gasteiger partial charge in [0.2, 0.25) is 0 Å². The van der Waals surface area contributed by atoms with E-state index in [0.29, 0.717) is 19.3 Å². The molecule has 0 saturated heterocycles. The van der Waals surface area contributed by atoms with Gasteiger partial charge in [-0.15, -0.1) is 0 Å². The molecule has 0 radical (unpaired) electrons. The molecule has 0 fully saturated rings. The lowest BCUT2D eigenvalue weighted by Gasteiger charge is -2.18. The third-order valence-electron chi connectivity index (χ3n) is 9.86. The highest BCUT2D eigenvalue weighted by molar-refractivity contribution is 5.71. The Morgan fingerprint density at radius 3 is 1.17 bits per heavy atom. The Morgan fingerprint density at radius 1 is 0.356 bits per heavy atom. The molecule has 0 aromatic rings. The molecular formula is C53H88O6. The maximum atomic E-state index is 12.7. The summed E-state index contributed by atoms with van der Waals surface area (Å²) in [4.78, 5) is 37.8. The number of rotatable bonds is 42. The van der Waals surface area contributed by atoms with E-state index in [-0.39, 0.29) is 37.5 Å². The fourth-order valence-corrected chi connectivity index (χ4v) is 6.28. The van der Waals surface area contributed by atoms with Crippen LogP contribution in [0, 0.1) is 0 Å². The first kappa shape index (κ1) is 55.6. The first-order chi connectivity index (χ1) is 29.0. The zero-order valence-electron chi connectivity index (χ0n) is 38.2.